The molecule has 0 aliphatic rings. The number of aromatic nitrogens is 2. The smallest absolute Gasteiger partial charge is 0.257 e. The molecule has 0 saturated heterocycles. The van der Waals surface area contributed by atoms with Gasteiger partial charge in [-0.2, -0.15) is 5.10 Å². The van der Waals surface area contributed by atoms with Crippen molar-refractivity contribution < 1.29 is 8.42 Å². The zero-order chi connectivity index (χ0) is 12.7. The third-order valence-corrected chi connectivity index (χ3v) is 3.86. The van der Waals surface area contributed by atoms with Gasteiger partial charge < -0.3 is 5.32 Å². The highest BCUT2D eigenvalue weighted by Gasteiger charge is 2.19. The molecule has 0 aliphatic heterocycles. The van der Waals surface area contributed by atoms with Gasteiger partial charge in [-0.25, -0.2) is 13.1 Å². The lowest BCUT2D eigenvalue weighted by Gasteiger charge is -2.06. The van der Waals surface area contributed by atoms with Gasteiger partial charge in [-0.1, -0.05) is 19.8 Å². The average Bonchev–Trinajstić information content (AvgIpc) is 2.74. The summed E-state index contributed by atoms with van der Waals surface area (Å²) in [6.07, 6.45) is 4.47. The van der Waals surface area contributed by atoms with Gasteiger partial charge in [-0.05, 0) is 13.5 Å². The fourth-order valence-electron chi connectivity index (χ4n) is 1.50. The van der Waals surface area contributed by atoms with E-state index in [4.69, 9.17) is 0 Å². The Labute approximate surface area is 102 Å². The third kappa shape index (κ3) is 4.10. The standard InChI is InChI=1S/C10H20N4O2S/c1-3-4-5-6-13-17(15,16)10-9(7-11-2)8-12-14-10/h8,11,13H,3-7H2,1-2H3,(H,12,14). The first-order chi connectivity index (χ1) is 8.11. The number of H-pyrrole nitrogens is 1. The number of nitrogens with one attached hydrogen (secondary N) is 3. The summed E-state index contributed by atoms with van der Waals surface area (Å²) in [5.74, 6) is 0. The highest BCUT2D eigenvalue weighted by Crippen LogP contribution is 2.11. The fraction of sp³-hybridized carbons (Fsp3) is 0.700. The van der Waals surface area contributed by atoms with Crippen LogP contribution in [0.5, 0.6) is 0 Å². The number of nitrogens with zero attached hydrogens (tertiary/aromatic N) is 1. The normalized spacial score (nSPS) is 11.9. The van der Waals surface area contributed by atoms with Gasteiger partial charge in [0.2, 0.25) is 0 Å². The van der Waals surface area contributed by atoms with Crippen molar-refractivity contribution in [2.75, 3.05) is 13.6 Å². The molecule has 0 aromatic carbocycles. The molecule has 3 N–H and O–H groups in total. The van der Waals surface area contributed by atoms with Crippen LogP contribution < -0.4 is 10.0 Å². The summed E-state index contributed by atoms with van der Waals surface area (Å²) in [5.41, 5.74) is 0.649. The molecular formula is C10H20N4O2S. The Morgan fingerprint density at radius 3 is 2.82 bits per heavy atom. The zero-order valence-electron chi connectivity index (χ0n) is 10.3. The molecule has 17 heavy (non-hydrogen) atoms. The highest BCUT2D eigenvalue weighted by molar-refractivity contribution is 7.89. The molecule has 0 radical (unpaired) electrons. The summed E-state index contributed by atoms with van der Waals surface area (Å²) in [7, 11) is -1.70. The number of unbranched alkanes of at least 4 members (excludes halogenated alkanes) is 2. The topological polar surface area (TPSA) is 86.9 Å². The molecule has 1 aromatic heterocycles. The predicted octanol–water partition coefficient (Wildman–Crippen LogP) is 0.598. The van der Waals surface area contributed by atoms with Crippen LogP contribution in [0.2, 0.25) is 0 Å². The Hall–Kier alpha value is -0.920. The van der Waals surface area contributed by atoms with Gasteiger partial charge >= 0.3 is 0 Å². The van der Waals surface area contributed by atoms with Crippen molar-refractivity contribution in [3.63, 3.8) is 0 Å². The van der Waals surface area contributed by atoms with E-state index in [1.807, 2.05) is 0 Å². The summed E-state index contributed by atoms with van der Waals surface area (Å²) < 4.78 is 26.5. The van der Waals surface area contributed by atoms with Crippen molar-refractivity contribution in [2.24, 2.45) is 0 Å². The van der Waals surface area contributed by atoms with Gasteiger partial charge in [-0.3, -0.25) is 5.10 Å². The molecule has 98 valence electrons. The van der Waals surface area contributed by atoms with E-state index in [1.165, 1.54) is 6.20 Å². The summed E-state index contributed by atoms with van der Waals surface area (Å²) in [5, 5.41) is 9.36. The molecule has 0 bridgehead atoms. The molecular weight excluding hydrogens is 240 g/mol. The number of hydrogen-bond acceptors (Lipinski definition) is 4. The van der Waals surface area contributed by atoms with Crippen LogP contribution in [0.15, 0.2) is 11.2 Å². The maximum Gasteiger partial charge on any atom is 0.257 e. The SMILES string of the molecule is CCCCCNS(=O)(=O)c1[nH]ncc1CNC. The van der Waals surface area contributed by atoms with Crippen LogP contribution in [-0.2, 0) is 16.6 Å². The van der Waals surface area contributed by atoms with Crippen LogP contribution >= 0.6 is 0 Å². The van der Waals surface area contributed by atoms with Crippen molar-refractivity contribution >= 4 is 10.0 Å². The first kappa shape index (κ1) is 14.1. The lowest BCUT2D eigenvalue weighted by Crippen LogP contribution is -2.26. The molecule has 6 nitrogen and oxygen atoms in total. The van der Waals surface area contributed by atoms with Crippen molar-refractivity contribution in [3.05, 3.63) is 11.8 Å². The second-order valence-corrected chi connectivity index (χ2v) is 5.56. The quantitative estimate of drug-likeness (QED) is 0.597. The molecule has 0 amide bonds. The van der Waals surface area contributed by atoms with Gasteiger partial charge in [0, 0.05) is 18.7 Å². The number of hydrogen-bond donors (Lipinski definition) is 3. The minimum Gasteiger partial charge on any atom is -0.316 e. The highest BCUT2D eigenvalue weighted by atomic mass is 32.2. The van der Waals surface area contributed by atoms with Gasteiger partial charge in [0.1, 0.15) is 0 Å². The predicted molar refractivity (Wildman–Crippen MR) is 66.1 cm³/mol. The van der Waals surface area contributed by atoms with Crippen LogP contribution in [0, 0.1) is 0 Å². The lowest BCUT2D eigenvalue weighted by atomic mass is 10.3. The molecule has 0 aliphatic carbocycles. The van der Waals surface area contributed by atoms with Crippen LogP contribution in [0.25, 0.3) is 0 Å². The largest absolute Gasteiger partial charge is 0.316 e. The summed E-state index contributed by atoms with van der Waals surface area (Å²) >= 11 is 0. The van der Waals surface area contributed by atoms with E-state index in [2.05, 4.69) is 27.2 Å². The second kappa shape index (κ2) is 6.73. The fourth-order valence-corrected chi connectivity index (χ4v) is 2.70. The van der Waals surface area contributed by atoms with Crippen molar-refractivity contribution in [2.45, 2.75) is 37.8 Å². The van der Waals surface area contributed by atoms with Gasteiger partial charge in [0.15, 0.2) is 5.03 Å². The van der Waals surface area contributed by atoms with E-state index in [0.29, 0.717) is 18.7 Å². The van der Waals surface area contributed by atoms with Crippen molar-refractivity contribution in [1.29, 1.82) is 0 Å². The van der Waals surface area contributed by atoms with Gasteiger partial charge in [0.25, 0.3) is 10.0 Å². The monoisotopic (exact) mass is 260 g/mol. The zero-order valence-corrected chi connectivity index (χ0v) is 11.1. The van der Waals surface area contributed by atoms with Crippen LogP contribution in [-0.4, -0.2) is 32.2 Å². The maximum atomic E-state index is 11.9. The van der Waals surface area contributed by atoms with Crippen LogP contribution in [0.4, 0.5) is 0 Å². The summed E-state index contributed by atoms with van der Waals surface area (Å²) in [4.78, 5) is 0. The summed E-state index contributed by atoms with van der Waals surface area (Å²) in [6.45, 7) is 3.02. The average molecular weight is 260 g/mol. The number of sulfonamides is 1. The maximum absolute atomic E-state index is 11.9. The number of aromatic amines is 1. The molecule has 1 rings (SSSR count). The van der Waals surface area contributed by atoms with E-state index < -0.39 is 10.0 Å². The Kier molecular flexibility index (Phi) is 5.60. The lowest BCUT2D eigenvalue weighted by molar-refractivity contribution is 0.570. The Morgan fingerprint density at radius 1 is 1.41 bits per heavy atom. The second-order valence-electron chi connectivity index (χ2n) is 3.86. The minimum absolute atomic E-state index is 0.156. The molecule has 7 heteroatoms. The first-order valence-corrected chi connectivity index (χ1v) is 7.26. The summed E-state index contributed by atoms with van der Waals surface area (Å²) in [6, 6.07) is 0. The minimum atomic E-state index is -3.46. The van der Waals surface area contributed by atoms with E-state index >= 15 is 0 Å². The molecule has 0 fully saturated rings. The van der Waals surface area contributed by atoms with E-state index in [1.54, 1.807) is 7.05 Å². The Morgan fingerprint density at radius 2 is 2.18 bits per heavy atom. The molecule has 0 atom stereocenters. The third-order valence-electron chi connectivity index (χ3n) is 2.39. The molecule has 0 saturated carbocycles. The van der Waals surface area contributed by atoms with Crippen molar-refractivity contribution in [3.8, 4) is 0 Å². The Balaban J connectivity index is 2.65. The van der Waals surface area contributed by atoms with Crippen LogP contribution in [0.3, 0.4) is 0 Å². The molecule has 0 spiro atoms. The van der Waals surface area contributed by atoms with Gasteiger partial charge in [-0.15, -0.1) is 0 Å². The van der Waals surface area contributed by atoms with Gasteiger partial charge in [0.05, 0.1) is 6.20 Å². The van der Waals surface area contributed by atoms with E-state index in [-0.39, 0.29) is 5.03 Å². The van der Waals surface area contributed by atoms with Crippen LogP contribution in [0.1, 0.15) is 31.7 Å². The first-order valence-electron chi connectivity index (χ1n) is 5.78. The Bertz CT molecular complexity index is 427. The van der Waals surface area contributed by atoms with E-state index in [9.17, 15) is 8.42 Å². The number of rotatable bonds is 8. The van der Waals surface area contributed by atoms with Crippen molar-refractivity contribution in [1.82, 2.24) is 20.2 Å². The molecule has 1 heterocycles. The molecule has 1 aromatic rings. The molecule has 0 unspecified atom stereocenters. The van der Waals surface area contributed by atoms with E-state index in [0.717, 1.165) is 19.3 Å².